The van der Waals surface area contributed by atoms with Gasteiger partial charge in [-0.1, -0.05) is 0 Å². The number of methoxy groups -OCH3 is 2. The van der Waals surface area contributed by atoms with Crippen LogP contribution >= 0.6 is 0 Å². The molecule has 1 N–H and O–H groups in total. The summed E-state index contributed by atoms with van der Waals surface area (Å²) in [6.07, 6.45) is 0. The number of carboxylic acids is 1. The number of rotatable bonds is 5. The summed E-state index contributed by atoms with van der Waals surface area (Å²) in [7, 11) is 4.41. The van der Waals surface area contributed by atoms with Gasteiger partial charge in [-0.05, 0) is 19.1 Å². The Balaban J connectivity index is 3.16. The van der Waals surface area contributed by atoms with E-state index in [2.05, 4.69) is 0 Å². The molecule has 0 fully saturated rings. The van der Waals surface area contributed by atoms with Crippen LogP contribution in [-0.4, -0.2) is 49.7 Å². The molecule has 0 atom stereocenters. The standard InChI is InChI=1S/C13H17NO5/c1-8-10(18-3)6-5-9(12(8)19-4)13(17)14(2)7-11(15)16/h5-6H,7H2,1-4H3,(H,15,16). The minimum atomic E-state index is -1.07. The third kappa shape index (κ3) is 3.15. The van der Waals surface area contributed by atoms with Crippen LogP contribution in [0.3, 0.4) is 0 Å². The van der Waals surface area contributed by atoms with Crippen LogP contribution in [0.15, 0.2) is 12.1 Å². The number of aliphatic carboxylic acids is 1. The van der Waals surface area contributed by atoms with Crippen LogP contribution in [0.2, 0.25) is 0 Å². The Kier molecular flexibility index (Phi) is 4.74. The second kappa shape index (κ2) is 6.08. The van der Waals surface area contributed by atoms with Crippen molar-refractivity contribution in [2.75, 3.05) is 27.8 Å². The van der Waals surface area contributed by atoms with Gasteiger partial charge in [0.25, 0.3) is 5.91 Å². The Morgan fingerprint density at radius 1 is 1.26 bits per heavy atom. The van der Waals surface area contributed by atoms with E-state index in [1.807, 2.05) is 0 Å². The van der Waals surface area contributed by atoms with E-state index < -0.39 is 11.9 Å². The molecule has 0 aromatic heterocycles. The molecule has 0 aliphatic heterocycles. The molecule has 1 rings (SSSR count). The van der Waals surface area contributed by atoms with Crippen LogP contribution in [0.25, 0.3) is 0 Å². The Hall–Kier alpha value is -2.24. The van der Waals surface area contributed by atoms with Gasteiger partial charge in [-0.3, -0.25) is 9.59 Å². The predicted octanol–water partition coefficient (Wildman–Crippen LogP) is 1.17. The van der Waals surface area contributed by atoms with Gasteiger partial charge in [-0.2, -0.15) is 0 Å². The molecule has 0 aliphatic rings. The highest BCUT2D eigenvalue weighted by Crippen LogP contribution is 2.31. The largest absolute Gasteiger partial charge is 0.496 e. The van der Waals surface area contributed by atoms with E-state index in [0.29, 0.717) is 22.6 Å². The third-order valence-electron chi connectivity index (χ3n) is 2.73. The lowest BCUT2D eigenvalue weighted by Gasteiger charge is -2.18. The summed E-state index contributed by atoms with van der Waals surface area (Å²) in [6.45, 7) is 1.40. The monoisotopic (exact) mass is 267 g/mol. The molecule has 0 spiro atoms. The van der Waals surface area contributed by atoms with E-state index in [0.717, 1.165) is 4.90 Å². The maximum atomic E-state index is 12.2. The summed E-state index contributed by atoms with van der Waals surface area (Å²) in [5.74, 6) is -0.485. The quantitative estimate of drug-likeness (QED) is 0.866. The summed E-state index contributed by atoms with van der Waals surface area (Å²) >= 11 is 0. The molecule has 0 radical (unpaired) electrons. The zero-order valence-electron chi connectivity index (χ0n) is 11.4. The molecule has 0 saturated heterocycles. The number of nitrogens with zero attached hydrogens (tertiary/aromatic N) is 1. The lowest BCUT2D eigenvalue weighted by molar-refractivity contribution is -0.137. The molecular formula is C13H17NO5. The van der Waals surface area contributed by atoms with Crippen LogP contribution in [0, 0.1) is 6.92 Å². The Morgan fingerprint density at radius 2 is 1.89 bits per heavy atom. The van der Waals surface area contributed by atoms with E-state index in [1.54, 1.807) is 19.1 Å². The minimum Gasteiger partial charge on any atom is -0.496 e. The molecule has 1 aromatic rings. The van der Waals surface area contributed by atoms with E-state index in [4.69, 9.17) is 14.6 Å². The molecule has 0 saturated carbocycles. The van der Waals surface area contributed by atoms with Gasteiger partial charge < -0.3 is 19.5 Å². The molecule has 19 heavy (non-hydrogen) atoms. The highest BCUT2D eigenvalue weighted by Gasteiger charge is 2.21. The molecule has 0 bridgehead atoms. The van der Waals surface area contributed by atoms with Crippen LogP contribution < -0.4 is 9.47 Å². The van der Waals surface area contributed by atoms with Crippen molar-refractivity contribution in [2.24, 2.45) is 0 Å². The van der Waals surface area contributed by atoms with Gasteiger partial charge in [0, 0.05) is 12.6 Å². The van der Waals surface area contributed by atoms with Crippen molar-refractivity contribution in [3.8, 4) is 11.5 Å². The van der Waals surface area contributed by atoms with Crippen molar-refractivity contribution in [3.05, 3.63) is 23.3 Å². The van der Waals surface area contributed by atoms with Gasteiger partial charge in [-0.15, -0.1) is 0 Å². The summed E-state index contributed by atoms with van der Waals surface area (Å²) in [4.78, 5) is 23.9. The molecule has 0 unspecified atom stereocenters. The molecule has 0 heterocycles. The fraction of sp³-hybridized carbons (Fsp3) is 0.385. The number of ether oxygens (including phenoxy) is 2. The van der Waals surface area contributed by atoms with Crippen LogP contribution in [-0.2, 0) is 4.79 Å². The molecule has 1 aromatic carbocycles. The molecule has 6 heteroatoms. The lowest BCUT2D eigenvalue weighted by Crippen LogP contribution is -2.32. The Morgan fingerprint density at radius 3 is 2.37 bits per heavy atom. The fourth-order valence-electron chi connectivity index (χ4n) is 1.81. The SMILES string of the molecule is COc1ccc(C(=O)N(C)CC(=O)O)c(OC)c1C. The summed E-state index contributed by atoms with van der Waals surface area (Å²) in [6, 6.07) is 3.21. The topological polar surface area (TPSA) is 76.1 Å². The van der Waals surface area contributed by atoms with Crippen molar-refractivity contribution in [2.45, 2.75) is 6.92 Å². The maximum absolute atomic E-state index is 12.2. The number of amides is 1. The van der Waals surface area contributed by atoms with E-state index >= 15 is 0 Å². The van der Waals surface area contributed by atoms with Crippen molar-refractivity contribution in [3.63, 3.8) is 0 Å². The fourth-order valence-corrected chi connectivity index (χ4v) is 1.81. The van der Waals surface area contributed by atoms with Gasteiger partial charge in [0.2, 0.25) is 0 Å². The molecule has 104 valence electrons. The summed E-state index contributed by atoms with van der Waals surface area (Å²) < 4.78 is 10.4. The molecule has 1 amide bonds. The van der Waals surface area contributed by atoms with Crippen molar-refractivity contribution in [1.82, 2.24) is 4.90 Å². The van der Waals surface area contributed by atoms with Gasteiger partial charge in [0.1, 0.15) is 18.0 Å². The van der Waals surface area contributed by atoms with Crippen molar-refractivity contribution < 1.29 is 24.2 Å². The van der Waals surface area contributed by atoms with E-state index in [-0.39, 0.29) is 6.54 Å². The van der Waals surface area contributed by atoms with Gasteiger partial charge in [0.05, 0.1) is 19.8 Å². The highest BCUT2D eigenvalue weighted by atomic mass is 16.5. The molecular weight excluding hydrogens is 250 g/mol. The first-order chi connectivity index (χ1) is 8.92. The van der Waals surface area contributed by atoms with Crippen LogP contribution in [0.4, 0.5) is 0 Å². The molecule has 0 aliphatic carbocycles. The number of carbonyl (C=O) groups excluding carboxylic acids is 1. The first kappa shape index (κ1) is 14.8. The van der Waals surface area contributed by atoms with E-state index in [9.17, 15) is 9.59 Å². The number of carboxylic acid groups (broad SMARTS) is 1. The average molecular weight is 267 g/mol. The zero-order valence-corrected chi connectivity index (χ0v) is 11.4. The third-order valence-corrected chi connectivity index (χ3v) is 2.73. The van der Waals surface area contributed by atoms with Crippen molar-refractivity contribution >= 4 is 11.9 Å². The average Bonchev–Trinajstić information content (AvgIpc) is 2.36. The lowest BCUT2D eigenvalue weighted by atomic mass is 10.1. The Bertz CT molecular complexity index is 498. The minimum absolute atomic E-state index is 0.310. The van der Waals surface area contributed by atoms with Crippen LogP contribution in [0.5, 0.6) is 11.5 Å². The number of hydrogen-bond acceptors (Lipinski definition) is 4. The van der Waals surface area contributed by atoms with Gasteiger partial charge in [-0.25, -0.2) is 0 Å². The number of carbonyl (C=O) groups is 2. The highest BCUT2D eigenvalue weighted by molar-refractivity contribution is 5.98. The number of hydrogen-bond donors (Lipinski definition) is 1. The molecule has 6 nitrogen and oxygen atoms in total. The second-order valence-corrected chi connectivity index (χ2v) is 4.03. The first-order valence-electron chi connectivity index (χ1n) is 5.61. The first-order valence-corrected chi connectivity index (χ1v) is 5.61. The van der Waals surface area contributed by atoms with Gasteiger partial charge in [0.15, 0.2) is 0 Å². The maximum Gasteiger partial charge on any atom is 0.323 e. The van der Waals surface area contributed by atoms with Crippen LogP contribution in [0.1, 0.15) is 15.9 Å². The summed E-state index contributed by atoms with van der Waals surface area (Å²) in [5.41, 5.74) is 1.00. The van der Waals surface area contributed by atoms with Crippen molar-refractivity contribution in [1.29, 1.82) is 0 Å². The second-order valence-electron chi connectivity index (χ2n) is 4.03. The summed E-state index contributed by atoms with van der Waals surface area (Å²) in [5, 5.41) is 8.70. The smallest absolute Gasteiger partial charge is 0.323 e. The number of benzene rings is 1. The normalized spacial score (nSPS) is 9.89. The zero-order chi connectivity index (χ0) is 14.6. The van der Waals surface area contributed by atoms with E-state index in [1.165, 1.54) is 21.3 Å². The number of likely N-dealkylation sites (N-methyl/N-ethyl adjacent to an activating group) is 1. The van der Waals surface area contributed by atoms with Gasteiger partial charge >= 0.3 is 5.97 Å². The Labute approximate surface area is 111 Å². The predicted molar refractivity (Wildman–Crippen MR) is 68.9 cm³/mol.